The van der Waals surface area contributed by atoms with Crippen molar-refractivity contribution in [2.24, 2.45) is 0 Å². The second kappa shape index (κ2) is 9.40. The number of hydrogen-bond acceptors (Lipinski definition) is 5. The van der Waals surface area contributed by atoms with Gasteiger partial charge in [-0.15, -0.1) is 0 Å². The number of rotatable bonds is 5. The van der Waals surface area contributed by atoms with Crippen molar-refractivity contribution < 1.29 is 29.0 Å². The average molecular weight is 296 g/mol. The van der Waals surface area contributed by atoms with Crippen LogP contribution in [-0.4, -0.2) is 27.9 Å². The van der Waals surface area contributed by atoms with Gasteiger partial charge in [-0.05, 0) is 23.6 Å². The zero-order chi connectivity index (χ0) is 15.5. The van der Waals surface area contributed by atoms with Crippen LogP contribution in [0.1, 0.15) is 5.76 Å². The molecule has 7 heteroatoms. The van der Waals surface area contributed by atoms with Gasteiger partial charge < -0.3 is 14.6 Å². The molecule has 0 saturated carbocycles. The number of carbonyl (C=O) groups excluding carboxylic acids is 1. The number of ketones is 1. The lowest BCUT2D eigenvalue weighted by atomic mass is 10.1. The van der Waals surface area contributed by atoms with Gasteiger partial charge in [0, 0.05) is 12.2 Å². The fourth-order valence-electron chi connectivity index (χ4n) is 0.935. The molecule has 0 aromatic carbocycles. The summed E-state index contributed by atoms with van der Waals surface area (Å²) in [5.41, 5.74) is -0.181. The third-order valence-electron chi connectivity index (χ3n) is 1.72. The molecule has 0 aliphatic rings. The van der Waals surface area contributed by atoms with E-state index in [-0.39, 0.29) is 11.3 Å². The minimum atomic E-state index is -1.21. The van der Waals surface area contributed by atoms with Crippen LogP contribution in [0.25, 0.3) is 5.57 Å². The zero-order valence-electron chi connectivity index (χ0n) is 10.2. The van der Waals surface area contributed by atoms with Gasteiger partial charge in [0.05, 0.1) is 6.26 Å². The van der Waals surface area contributed by atoms with E-state index in [4.69, 9.17) is 14.6 Å². The Morgan fingerprint density at radius 3 is 2.25 bits per heavy atom. The number of furan rings is 1. The Morgan fingerprint density at radius 2 is 1.95 bits per heavy atom. The van der Waals surface area contributed by atoms with E-state index in [0.717, 1.165) is 18.2 Å². The van der Waals surface area contributed by atoms with Gasteiger partial charge in [-0.25, -0.2) is 9.59 Å². The predicted octanol–water partition coefficient (Wildman–Crippen LogP) is 2.02. The van der Waals surface area contributed by atoms with Crippen molar-refractivity contribution in [2.45, 2.75) is 0 Å². The fraction of sp³-hybridized carbons (Fsp3) is 0. The fourth-order valence-corrected chi connectivity index (χ4v) is 1.06. The summed E-state index contributed by atoms with van der Waals surface area (Å²) in [5.74, 6) is -2.51. The number of allylic oxidation sites excluding steroid dienone is 2. The maximum atomic E-state index is 10.9. The summed E-state index contributed by atoms with van der Waals surface area (Å²) in [5, 5.41) is 17.7. The molecule has 0 saturated heterocycles. The summed E-state index contributed by atoms with van der Waals surface area (Å²) in [6.45, 7) is 3.24. The van der Waals surface area contributed by atoms with Crippen LogP contribution in [-0.2, 0) is 14.4 Å². The minimum absolute atomic E-state index is 0.146. The molecule has 106 valence electrons. The van der Waals surface area contributed by atoms with E-state index in [2.05, 4.69) is 19.2 Å². The highest BCUT2D eigenvalue weighted by Crippen LogP contribution is 2.14. The Morgan fingerprint density at radius 1 is 1.30 bits per heavy atom. The van der Waals surface area contributed by atoms with E-state index in [1.165, 1.54) is 17.7 Å². The summed E-state index contributed by atoms with van der Waals surface area (Å²) in [4.78, 5) is 31.1. The molecule has 0 bridgehead atoms. The maximum absolute atomic E-state index is 10.9. The quantitative estimate of drug-likeness (QED) is 0.567. The summed E-state index contributed by atoms with van der Waals surface area (Å²) in [7, 11) is 0. The smallest absolute Gasteiger partial charge is 0.339 e. The third kappa shape index (κ3) is 7.02. The van der Waals surface area contributed by atoms with Crippen molar-refractivity contribution in [2.75, 3.05) is 0 Å². The van der Waals surface area contributed by atoms with Crippen LogP contribution in [0.15, 0.2) is 53.0 Å². The second-order valence-corrected chi connectivity index (χ2v) is 3.40. The van der Waals surface area contributed by atoms with Crippen LogP contribution in [0.3, 0.4) is 0 Å². The van der Waals surface area contributed by atoms with Gasteiger partial charge in [-0.1, -0.05) is 6.58 Å². The third-order valence-corrected chi connectivity index (χ3v) is 1.87. The van der Waals surface area contributed by atoms with Crippen molar-refractivity contribution in [3.05, 3.63) is 54.4 Å². The number of carboxylic acids is 2. The maximum Gasteiger partial charge on any atom is 0.339 e. The predicted molar refractivity (Wildman–Crippen MR) is 75.3 cm³/mol. The number of aliphatic carboxylic acids is 2. The van der Waals surface area contributed by atoms with Crippen molar-refractivity contribution in [1.82, 2.24) is 0 Å². The van der Waals surface area contributed by atoms with Crippen LogP contribution < -0.4 is 0 Å². The van der Waals surface area contributed by atoms with Gasteiger partial charge in [0.25, 0.3) is 0 Å². The molecule has 0 unspecified atom stereocenters. The topological polar surface area (TPSA) is 105 Å². The molecule has 1 heterocycles. The van der Waals surface area contributed by atoms with Gasteiger partial charge in [-0.3, -0.25) is 4.79 Å². The lowest BCUT2D eigenvalue weighted by Crippen LogP contribution is -2.01. The molecule has 0 radical (unpaired) electrons. The van der Waals surface area contributed by atoms with Crippen LogP contribution >= 0.6 is 12.6 Å². The van der Waals surface area contributed by atoms with E-state index in [1.807, 2.05) is 0 Å². The van der Waals surface area contributed by atoms with Crippen LogP contribution in [0.2, 0.25) is 0 Å². The zero-order valence-corrected chi connectivity index (χ0v) is 11.1. The first kappa shape index (κ1) is 17.5. The van der Waals surface area contributed by atoms with E-state index in [0.29, 0.717) is 0 Å². The summed E-state index contributed by atoms with van der Waals surface area (Å²) in [6, 6.07) is 3.01. The Hall–Kier alpha value is -2.54. The van der Waals surface area contributed by atoms with Gasteiger partial charge in [0.2, 0.25) is 0 Å². The Kier molecular flexibility index (Phi) is 8.20. The number of thiol groups is 1. The van der Waals surface area contributed by atoms with Crippen LogP contribution in [0.5, 0.6) is 0 Å². The van der Waals surface area contributed by atoms with Gasteiger partial charge in [-0.2, -0.15) is 12.6 Å². The first-order valence-electron chi connectivity index (χ1n) is 5.11. The molecule has 0 aliphatic carbocycles. The highest BCUT2D eigenvalue weighted by atomic mass is 32.1. The summed E-state index contributed by atoms with van der Waals surface area (Å²) in [6.07, 6.45) is 4.29. The lowest BCUT2D eigenvalue weighted by molar-refractivity contribution is -0.132. The Labute approximate surface area is 120 Å². The molecule has 1 aromatic rings. The highest BCUT2D eigenvalue weighted by Gasteiger charge is 2.13. The Bertz CT molecular complexity index is 539. The normalized spacial score (nSPS) is 10.6. The van der Waals surface area contributed by atoms with Crippen molar-refractivity contribution in [3.63, 3.8) is 0 Å². The molecule has 0 aliphatic heterocycles. The van der Waals surface area contributed by atoms with Crippen molar-refractivity contribution in [1.29, 1.82) is 0 Å². The average Bonchev–Trinajstić information content (AvgIpc) is 2.89. The molecule has 6 nitrogen and oxygen atoms in total. The molecule has 20 heavy (non-hydrogen) atoms. The molecule has 2 N–H and O–H groups in total. The molecule has 1 rings (SSSR count). The molecule has 1 aromatic heterocycles. The molecule has 0 fully saturated rings. The summed E-state index contributed by atoms with van der Waals surface area (Å²) >= 11 is 3.50. The first-order valence-corrected chi connectivity index (χ1v) is 5.63. The lowest BCUT2D eigenvalue weighted by Gasteiger charge is -1.95. The van der Waals surface area contributed by atoms with E-state index in [1.54, 1.807) is 6.07 Å². The van der Waals surface area contributed by atoms with E-state index >= 15 is 0 Å². The van der Waals surface area contributed by atoms with Gasteiger partial charge >= 0.3 is 11.9 Å². The number of carboxylic acid groups (broad SMARTS) is 2. The van der Waals surface area contributed by atoms with E-state index < -0.39 is 17.7 Å². The molecule has 0 spiro atoms. The van der Waals surface area contributed by atoms with Gasteiger partial charge in [0.1, 0.15) is 11.3 Å². The number of hydrogen-bond donors (Lipinski definition) is 3. The van der Waals surface area contributed by atoms with Gasteiger partial charge in [0.15, 0.2) is 5.78 Å². The monoisotopic (exact) mass is 296 g/mol. The Balaban J connectivity index is 0.000000511. The van der Waals surface area contributed by atoms with E-state index in [9.17, 15) is 14.4 Å². The molecule has 0 amide bonds. The van der Waals surface area contributed by atoms with Crippen LogP contribution in [0, 0.1) is 0 Å². The minimum Gasteiger partial charge on any atom is -0.478 e. The standard InChI is InChI=1S/C10H8O4.C3H4O2S/c1-2-7(11)6-8(10(12)13)9-4-3-5-14-9;4-3(5)1-2-6/h2-6H,1H2,(H,12,13);1-2,6H,(H,4,5). The number of carbonyl (C=O) groups is 3. The first-order chi connectivity index (χ1) is 9.42. The van der Waals surface area contributed by atoms with Crippen LogP contribution in [0.4, 0.5) is 0 Å². The largest absolute Gasteiger partial charge is 0.478 e. The molecule has 0 atom stereocenters. The van der Waals surface area contributed by atoms with Crippen molar-refractivity contribution in [3.8, 4) is 0 Å². The second-order valence-electron chi connectivity index (χ2n) is 3.10. The molecular weight excluding hydrogens is 284 g/mol. The highest BCUT2D eigenvalue weighted by molar-refractivity contribution is 7.83. The SMILES string of the molecule is C=CC(=O)C=C(C(=O)O)c1ccco1.O=C(O)C=CS. The van der Waals surface area contributed by atoms with Crippen molar-refractivity contribution >= 4 is 35.9 Å². The molecular formula is C13H12O6S. The summed E-state index contributed by atoms with van der Waals surface area (Å²) < 4.78 is 4.87.